The van der Waals surface area contributed by atoms with Crippen molar-refractivity contribution in [3.8, 4) is 0 Å². The van der Waals surface area contributed by atoms with E-state index in [0.29, 0.717) is 6.54 Å². The zero-order chi connectivity index (χ0) is 23.2. The molecule has 7 nitrogen and oxygen atoms in total. The average molecular weight is 458 g/mol. The Kier molecular flexibility index (Phi) is 7.24. The number of primary amides is 1. The van der Waals surface area contributed by atoms with E-state index in [-0.39, 0.29) is 17.9 Å². The third-order valence-electron chi connectivity index (χ3n) is 4.68. The van der Waals surface area contributed by atoms with E-state index in [9.17, 15) is 17.6 Å². The van der Waals surface area contributed by atoms with E-state index in [1.165, 1.54) is 12.1 Å². The molecule has 0 heterocycles. The maximum absolute atomic E-state index is 13.3. The number of amides is 1. The van der Waals surface area contributed by atoms with Crippen LogP contribution in [-0.2, 0) is 37.9 Å². The quantitative estimate of drug-likeness (QED) is 0.319. The van der Waals surface area contributed by atoms with Crippen LogP contribution in [0.5, 0.6) is 0 Å². The highest BCUT2D eigenvalue weighted by atomic mass is 32.2. The molecule has 0 saturated heterocycles. The number of nitrogens with one attached hydrogen (secondary N) is 2. The molecule has 32 heavy (non-hydrogen) atoms. The number of carbonyl (C=O) groups excluding carboxylic acids is 1. The van der Waals surface area contributed by atoms with E-state index in [2.05, 4.69) is 10.6 Å². The largest absolute Gasteiger partial charge is 0.381 e. The first-order valence-corrected chi connectivity index (χ1v) is 11.6. The Balaban J connectivity index is 1.73. The number of halogens is 1. The van der Waals surface area contributed by atoms with E-state index < -0.39 is 21.8 Å². The second-order valence-corrected chi connectivity index (χ2v) is 8.81. The van der Waals surface area contributed by atoms with E-state index in [1.54, 1.807) is 48.5 Å². The fourth-order valence-electron chi connectivity index (χ4n) is 3.17. The predicted molar refractivity (Wildman–Crippen MR) is 120 cm³/mol. The molecule has 0 fully saturated rings. The molecule has 3 aromatic carbocycles. The summed E-state index contributed by atoms with van der Waals surface area (Å²) in [7, 11) is -4.02. The molecule has 3 aromatic rings. The average Bonchev–Trinajstić information content (AvgIpc) is 2.75. The van der Waals surface area contributed by atoms with Crippen molar-refractivity contribution in [2.45, 2.75) is 18.8 Å². The maximum atomic E-state index is 13.3. The third kappa shape index (κ3) is 6.13. The molecule has 0 saturated carbocycles. The van der Waals surface area contributed by atoms with Crippen molar-refractivity contribution >= 4 is 21.7 Å². The van der Waals surface area contributed by atoms with Crippen LogP contribution in [0.4, 0.5) is 10.1 Å². The SMILES string of the molecule is CS(=O)(=O)OC(NCc1ccc(NCc2cccc(F)c2)cc1)(C(N)=O)c1ccccc1. The second-order valence-electron chi connectivity index (χ2n) is 7.23. The molecule has 9 heteroatoms. The van der Waals surface area contributed by atoms with Crippen molar-refractivity contribution in [1.29, 1.82) is 0 Å². The fraction of sp³-hybridized carbons (Fsp3) is 0.174. The smallest absolute Gasteiger partial charge is 0.271 e. The Morgan fingerprint density at radius 1 is 0.969 bits per heavy atom. The summed E-state index contributed by atoms with van der Waals surface area (Å²) in [6.07, 6.45) is 0.856. The molecule has 0 spiro atoms. The van der Waals surface area contributed by atoms with Gasteiger partial charge in [0, 0.05) is 24.3 Å². The van der Waals surface area contributed by atoms with E-state index in [0.717, 1.165) is 23.1 Å². The van der Waals surface area contributed by atoms with Gasteiger partial charge in [0.25, 0.3) is 16.0 Å². The predicted octanol–water partition coefficient (Wildman–Crippen LogP) is 2.84. The van der Waals surface area contributed by atoms with E-state index in [4.69, 9.17) is 9.92 Å². The molecule has 0 aliphatic rings. The van der Waals surface area contributed by atoms with Crippen molar-refractivity contribution in [3.63, 3.8) is 0 Å². The molecule has 0 aromatic heterocycles. The number of anilines is 1. The van der Waals surface area contributed by atoms with Gasteiger partial charge in [-0.25, -0.2) is 8.57 Å². The molecule has 168 valence electrons. The van der Waals surface area contributed by atoms with Crippen molar-refractivity contribution in [3.05, 3.63) is 101 Å². The van der Waals surface area contributed by atoms with Gasteiger partial charge in [-0.1, -0.05) is 54.6 Å². The van der Waals surface area contributed by atoms with Crippen LogP contribution < -0.4 is 16.4 Å². The van der Waals surface area contributed by atoms with Gasteiger partial charge in [-0.2, -0.15) is 8.42 Å². The van der Waals surface area contributed by atoms with Crippen LogP contribution >= 0.6 is 0 Å². The van der Waals surface area contributed by atoms with Crippen LogP contribution in [0.3, 0.4) is 0 Å². The van der Waals surface area contributed by atoms with E-state index in [1.807, 2.05) is 18.2 Å². The first kappa shape index (κ1) is 23.4. The molecule has 4 N–H and O–H groups in total. The van der Waals surface area contributed by atoms with Gasteiger partial charge in [0.15, 0.2) is 0 Å². The number of carbonyl (C=O) groups is 1. The number of nitrogens with two attached hydrogens (primary N) is 1. The zero-order valence-corrected chi connectivity index (χ0v) is 18.2. The highest BCUT2D eigenvalue weighted by molar-refractivity contribution is 7.86. The minimum Gasteiger partial charge on any atom is -0.381 e. The minimum absolute atomic E-state index is 0.109. The van der Waals surface area contributed by atoms with Crippen LogP contribution in [-0.4, -0.2) is 20.6 Å². The molecule has 1 atom stereocenters. The van der Waals surface area contributed by atoms with Crippen LogP contribution in [0.1, 0.15) is 16.7 Å². The van der Waals surface area contributed by atoms with Crippen molar-refractivity contribution in [1.82, 2.24) is 5.32 Å². The van der Waals surface area contributed by atoms with Gasteiger partial charge in [0.2, 0.25) is 5.72 Å². The van der Waals surface area contributed by atoms with Gasteiger partial charge in [-0.3, -0.25) is 10.1 Å². The van der Waals surface area contributed by atoms with Gasteiger partial charge >= 0.3 is 0 Å². The summed E-state index contributed by atoms with van der Waals surface area (Å²) >= 11 is 0. The summed E-state index contributed by atoms with van der Waals surface area (Å²) in [5.41, 5.74) is 6.18. The Bertz CT molecular complexity index is 1170. The van der Waals surface area contributed by atoms with E-state index >= 15 is 0 Å². The molecule has 0 radical (unpaired) electrons. The van der Waals surface area contributed by atoms with Crippen molar-refractivity contribution in [2.24, 2.45) is 5.73 Å². The van der Waals surface area contributed by atoms with Crippen LogP contribution in [0.2, 0.25) is 0 Å². The lowest BCUT2D eigenvalue weighted by Gasteiger charge is -2.31. The monoisotopic (exact) mass is 457 g/mol. The normalized spacial score (nSPS) is 13.3. The van der Waals surface area contributed by atoms with Crippen LogP contribution in [0.25, 0.3) is 0 Å². The van der Waals surface area contributed by atoms with Gasteiger partial charge in [0.1, 0.15) is 5.82 Å². The molecule has 3 rings (SSSR count). The number of rotatable bonds is 10. The van der Waals surface area contributed by atoms with Gasteiger partial charge in [-0.05, 0) is 35.4 Å². The summed E-state index contributed by atoms with van der Waals surface area (Å²) in [6.45, 7) is 0.563. The molecule has 0 bridgehead atoms. The highest BCUT2D eigenvalue weighted by Crippen LogP contribution is 2.25. The fourth-order valence-corrected chi connectivity index (χ4v) is 3.86. The Labute approximate surface area is 186 Å². The highest BCUT2D eigenvalue weighted by Gasteiger charge is 2.43. The van der Waals surface area contributed by atoms with Crippen LogP contribution in [0, 0.1) is 5.82 Å². The maximum Gasteiger partial charge on any atom is 0.271 e. The summed E-state index contributed by atoms with van der Waals surface area (Å²) < 4.78 is 42.2. The lowest BCUT2D eigenvalue weighted by atomic mass is 10.0. The molecular weight excluding hydrogens is 433 g/mol. The zero-order valence-electron chi connectivity index (χ0n) is 17.4. The minimum atomic E-state index is -4.02. The lowest BCUT2D eigenvalue weighted by Crippen LogP contribution is -2.55. The Morgan fingerprint density at radius 2 is 1.66 bits per heavy atom. The summed E-state index contributed by atoms with van der Waals surface area (Å²) in [6, 6.07) is 21.7. The Hall–Kier alpha value is -3.27. The summed E-state index contributed by atoms with van der Waals surface area (Å²) in [5.74, 6) is -1.28. The standard InChI is InChI=1S/C23H24FN3O4S/c1-32(29,30)31-23(22(25)28,19-7-3-2-4-8-19)27-16-17-10-12-21(13-11-17)26-15-18-6-5-9-20(24)14-18/h2-14,26-27H,15-16H2,1H3,(H2,25,28). The lowest BCUT2D eigenvalue weighted by molar-refractivity contribution is -0.137. The van der Waals surface area contributed by atoms with Crippen molar-refractivity contribution < 1.29 is 21.8 Å². The number of benzene rings is 3. The van der Waals surface area contributed by atoms with Crippen LogP contribution in [0.15, 0.2) is 78.9 Å². The van der Waals surface area contributed by atoms with Gasteiger partial charge in [0.05, 0.1) is 6.26 Å². The summed E-state index contributed by atoms with van der Waals surface area (Å²) in [4.78, 5) is 12.4. The first-order chi connectivity index (χ1) is 15.2. The second kappa shape index (κ2) is 9.90. The molecule has 0 aliphatic carbocycles. The first-order valence-electron chi connectivity index (χ1n) is 9.76. The Morgan fingerprint density at radius 3 is 2.25 bits per heavy atom. The molecule has 1 amide bonds. The molecule has 1 unspecified atom stereocenters. The number of hydrogen-bond donors (Lipinski definition) is 3. The van der Waals surface area contributed by atoms with Crippen molar-refractivity contribution in [2.75, 3.05) is 11.6 Å². The summed E-state index contributed by atoms with van der Waals surface area (Å²) in [5, 5.41) is 6.07. The number of hydrogen-bond acceptors (Lipinski definition) is 6. The topological polar surface area (TPSA) is 111 Å². The third-order valence-corrected chi connectivity index (χ3v) is 5.24. The molecular formula is C23H24FN3O4S. The van der Waals surface area contributed by atoms with Gasteiger partial charge < -0.3 is 11.1 Å². The molecule has 0 aliphatic heterocycles. The van der Waals surface area contributed by atoms with Gasteiger partial charge in [-0.15, -0.1) is 0 Å².